The molecule has 0 radical (unpaired) electrons. The second-order valence-electron chi connectivity index (χ2n) is 8.60. The van der Waals surface area contributed by atoms with Crippen LogP contribution in [0, 0.1) is 22.9 Å². The molecular formula is C26H25FN6O7S. The third-order valence-corrected chi connectivity index (χ3v) is 7.23. The number of nitrogens with one attached hydrogen (secondary N) is 2. The van der Waals surface area contributed by atoms with E-state index in [-0.39, 0.29) is 48.3 Å². The maximum absolute atomic E-state index is 14.1. The van der Waals surface area contributed by atoms with E-state index < -0.39 is 37.3 Å². The van der Waals surface area contributed by atoms with Gasteiger partial charge in [-0.1, -0.05) is 12.1 Å². The Morgan fingerprint density at radius 1 is 1.17 bits per heavy atom. The number of hydrogen-bond donors (Lipinski definition) is 2. The first kappa shape index (κ1) is 29.3. The van der Waals surface area contributed by atoms with Crippen LogP contribution in [-0.4, -0.2) is 54.3 Å². The van der Waals surface area contributed by atoms with Gasteiger partial charge in [-0.2, -0.15) is 9.78 Å². The molecule has 0 spiro atoms. The Labute approximate surface area is 234 Å². The van der Waals surface area contributed by atoms with Gasteiger partial charge in [0.15, 0.2) is 5.69 Å². The smallest absolute Gasteiger partial charge is 0.272 e. The minimum Gasteiger partial charge on any atom is -0.437 e. The van der Waals surface area contributed by atoms with Crippen LogP contribution in [0.3, 0.4) is 0 Å². The molecule has 4 aromatic rings. The van der Waals surface area contributed by atoms with Gasteiger partial charge in [-0.15, -0.1) is 0 Å². The van der Waals surface area contributed by atoms with E-state index >= 15 is 0 Å². The second-order valence-corrected chi connectivity index (χ2v) is 10.3. The number of ether oxygens (including phenoxy) is 2. The minimum absolute atomic E-state index is 0.0489. The molecule has 1 amide bonds. The fourth-order valence-corrected chi connectivity index (χ4v) is 4.89. The number of nitro benzene ring substituents is 1. The van der Waals surface area contributed by atoms with E-state index in [1.807, 2.05) is 0 Å². The summed E-state index contributed by atoms with van der Waals surface area (Å²) < 4.78 is 54.7. The summed E-state index contributed by atoms with van der Waals surface area (Å²) in [6.45, 7) is 1.61. The predicted molar refractivity (Wildman–Crippen MR) is 144 cm³/mol. The maximum Gasteiger partial charge on any atom is 0.272 e. The van der Waals surface area contributed by atoms with Gasteiger partial charge >= 0.3 is 0 Å². The van der Waals surface area contributed by atoms with Gasteiger partial charge in [-0.05, 0) is 42.8 Å². The number of non-ortho nitro benzene ring substituents is 1. The molecular weight excluding hydrogens is 559 g/mol. The van der Waals surface area contributed by atoms with E-state index in [1.165, 1.54) is 32.2 Å². The number of rotatable bonds is 12. The summed E-state index contributed by atoms with van der Waals surface area (Å²) in [5.41, 5.74) is 0.556. The number of hydrogen-bond acceptors (Lipinski definition) is 9. The molecule has 0 atom stereocenters. The molecule has 0 aliphatic carbocycles. The molecule has 15 heteroatoms. The van der Waals surface area contributed by atoms with E-state index in [1.54, 1.807) is 24.5 Å². The van der Waals surface area contributed by atoms with Crippen molar-refractivity contribution in [3.05, 3.63) is 99.7 Å². The van der Waals surface area contributed by atoms with Crippen LogP contribution >= 0.6 is 0 Å². The number of amides is 1. The van der Waals surface area contributed by atoms with E-state index in [2.05, 4.69) is 20.1 Å². The Kier molecular flexibility index (Phi) is 9.01. The molecule has 13 nitrogen and oxygen atoms in total. The summed E-state index contributed by atoms with van der Waals surface area (Å²) in [7, 11) is -2.93. The first-order chi connectivity index (χ1) is 19.6. The van der Waals surface area contributed by atoms with Crippen molar-refractivity contribution in [1.29, 1.82) is 0 Å². The van der Waals surface area contributed by atoms with Crippen molar-refractivity contribution in [3.8, 4) is 17.3 Å². The molecule has 2 aromatic heterocycles. The van der Waals surface area contributed by atoms with Gasteiger partial charge in [0.05, 0.1) is 17.2 Å². The van der Waals surface area contributed by atoms with Crippen molar-refractivity contribution in [2.24, 2.45) is 0 Å². The van der Waals surface area contributed by atoms with Gasteiger partial charge in [0, 0.05) is 50.3 Å². The monoisotopic (exact) mass is 584 g/mol. The number of pyridine rings is 1. The zero-order valence-electron chi connectivity index (χ0n) is 21.9. The molecule has 2 heterocycles. The SMILES string of the molecule is COCCNS(=O)(=O)c1cc([N+](=O)[O-])ccc1Oc1c(C)c(C(=O)NCc2cccnc2)nn1-c1cccc(F)c1. The van der Waals surface area contributed by atoms with Crippen LogP contribution in [0.4, 0.5) is 10.1 Å². The van der Waals surface area contributed by atoms with Crippen LogP contribution in [0.2, 0.25) is 0 Å². The standard InChI is InChI=1S/C26H25FN6O7S/c1-17-24(25(34)29-16-18-5-4-10-28-15-18)31-32(20-7-3-6-19(27)13-20)26(17)40-22-9-8-21(33(35)36)14-23(22)41(37,38)30-11-12-39-2/h3-10,13-15,30H,11-12,16H2,1-2H3,(H,29,34). The number of nitrogens with zero attached hydrogens (tertiary/aromatic N) is 4. The van der Waals surface area contributed by atoms with Crippen LogP contribution in [-0.2, 0) is 21.3 Å². The highest BCUT2D eigenvalue weighted by Crippen LogP contribution is 2.35. The van der Waals surface area contributed by atoms with Gasteiger partial charge < -0.3 is 14.8 Å². The molecule has 0 fully saturated rings. The lowest BCUT2D eigenvalue weighted by Gasteiger charge is -2.14. The summed E-state index contributed by atoms with van der Waals surface area (Å²) >= 11 is 0. The molecule has 214 valence electrons. The average molecular weight is 585 g/mol. The molecule has 0 bridgehead atoms. The average Bonchev–Trinajstić information content (AvgIpc) is 3.28. The van der Waals surface area contributed by atoms with Gasteiger partial charge in [0.25, 0.3) is 11.6 Å². The number of methoxy groups -OCH3 is 1. The number of carbonyl (C=O) groups excluding carboxylic acids is 1. The van der Waals surface area contributed by atoms with Gasteiger partial charge in [-0.25, -0.2) is 17.5 Å². The summed E-state index contributed by atoms with van der Waals surface area (Å²) in [6, 6.07) is 11.8. The largest absolute Gasteiger partial charge is 0.437 e. The molecule has 0 aliphatic rings. The number of aromatic nitrogens is 3. The van der Waals surface area contributed by atoms with E-state index in [0.717, 1.165) is 34.5 Å². The lowest BCUT2D eigenvalue weighted by Crippen LogP contribution is -2.27. The third kappa shape index (κ3) is 6.89. The van der Waals surface area contributed by atoms with Crippen molar-refractivity contribution >= 4 is 21.6 Å². The predicted octanol–water partition coefficient (Wildman–Crippen LogP) is 3.27. The second kappa shape index (κ2) is 12.6. The van der Waals surface area contributed by atoms with Crippen molar-refractivity contribution in [3.63, 3.8) is 0 Å². The third-order valence-electron chi connectivity index (χ3n) is 5.74. The minimum atomic E-state index is -4.32. The summed E-state index contributed by atoms with van der Waals surface area (Å²) in [4.78, 5) is 27.3. The number of carbonyl (C=O) groups is 1. The Hall–Kier alpha value is -4.73. The van der Waals surface area contributed by atoms with Crippen molar-refractivity contribution in [2.75, 3.05) is 20.3 Å². The maximum atomic E-state index is 14.1. The molecule has 2 aromatic carbocycles. The summed E-state index contributed by atoms with van der Waals surface area (Å²) in [5.74, 6) is -1.57. The Balaban J connectivity index is 1.78. The Morgan fingerprint density at radius 2 is 1.98 bits per heavy atom. The molecule has 0 saturated carbocycles. The van der Waals surface area contributed by atoms with Crippen LogP contribution in [0.5, 0.6) is 11.6 Å². The van der Waals surface area contributed by atoms with Crippen molar-refractivity contribution < 1.29 is 32.0 Å². The van der Waals surface area contributed by atoms with Gasteiger partial charge in [0.1, 0.15) is 16.5 Å². The van der Waals surface area contributed by atoms with Gasteiger partial charge in [0.2, 0.25) is 15.9 Å². The fourth-order valence-electron chi connectivity index (χ4n) is 3.73. The van der Waals surface area contributed by atoms with Crippen LogP contribution in [0.15, 0.2) is 71.9 Å². The van der Waals surface area contributed by atoms with Crippen LogP contribution < -0.4 is 14.8 Å². The number of benzene rings is 2. The zero-order valence-corrected chi connectivity index (χ0v) is 22.7. The highest BCUT2D eigenvalue weighted by atomic mass is 32.2. The quantitative estimate of drug-likeness (QED) is 0.144. The fraction of sp³-hybridized carbons (Fsp3) is 0.192. The molecule has 2 N–H and O–H groups in total. The molecule has 0 aliphatic heterocycles. The molecule has 4 rings (SSSR count). The number of sulfonamides is 1. The van der Waals surface area contributed by atoms with Crippen molar-refractivity contribution in [2.45, 2.75) is 18.4 Å². The lowest BCUT2D eigenvalue weighted by atomic mass is 10.2. The Morgan fingerprint density at radius 3 is 2.66 bits per heavy atom. The van der Waals surface area contributed by atoms with Gasteiger partial charge in [-0.3, -0.25) is 19.9 Å². The molecule has 41 heavy (non-hydrogen) atoms. The molecule has 0 saturated heterocycles. The zero-order chi connectivity index (χ0) is 29.6. The normalized spacial score (nSPS) is 11.3. The highest BCUT2D eigenvalue weighted by Gasteiger charge is 2.28. The highest BCUT2D eigenvalue weighted by molar-refractivity contribution is 7.89. The lowest BCUT2D eigenvalue weighted by molar-refractivity contribution is -0.385. The van der Waals surface area contributed by atoms with Crippen LogP contribution in [0.25, 0.3) is 5.69 Å². The van der Waals surface area contributed by atoms with Crippen molar-refractivity contribution in [1.82, 2.24) is 24.8 Å². The Bertz CT molecular complexity index is 1680. The summed E-state index contributed by atoms with van der Waals surface area (Å²) in [5, 5.41) is 18.5. The van der Waals surface area contributed by atoms with E-state index in [9.17, 15) is 27.7 Å². The summed E-state index contributed by atoms with van der Waals surface area (Å²) in [6.07, 6.45) is 3.18. The number of halogens is 1. The number of nitro groups is 1. The van der Waals surface area contributed by atoms with Crippen LogP contribution in [0.1, 0.15) is 21.6 Å². The first-order valence-corrected chi connectivity index (χ1v) is 13.6. The topological polar surface area (TPSA) is 168 Å². The molecule has 0 unspecified atom stereocenters. The van der Waals surface area contributed by atoms with E-state index in [4.69, 9.17) is 9.47 Å². The van der Waals surface area contributed by atoms with E-state index in [0.29, 0.717) is 0 Å². The first-order valence-electron chi connectivity index (χ1n) is 12.1.